The first-order chi connectivity index (χ1) is 17.4. The Morgan fingerprint density at radius 1 is 1.08 bits per heavy atom. The highest BCUT2D eigenvalue weighted by molar-refractivity contribution is 6.15. The van der Waals surface area contributed by atoms with Gasteiger partial charge in [0.2, 0.25) is 5.78 Å². The number of furan rings is 1. The first kappa shape index (κ1) is 27.3. The fourth-order valence-corrected chi connectivity index (χ4v) is 4.35. The second-order valence-corrected chi connectivity index (χ2v) is 8.77. The van der Waals surface area contributed by atoms with Crippen LogP contribution in [0.15, 0.2) is 46.1 Å². The summed E-state index contributed by atoms with van der Waals surface area (Å²) in [7, 11) is 0. The van der Waals surface area contributed by atoms with Crippen LogP contribution in [0.2, 0.25) is 0 Å². The average Bonchev–Trinajstić information content (AvgIpc) is 3.42. The Morgan fingerprint density at radius 2 is 1.83 bits per heavy atom. The third kappa shape index (κ3) is 5.93. The molecule has 2 aromatic rings. The molecule has 1 amide bonds. The highest BCUT2D eigenvalue weighted by Gasteiger charge is 2.44. The van der Waals surface area contributed by atoms with Crippen molar-refractivity contribution in [2.75, 3.05) is 39.4 Å². The van der Waals surface area contributed by atoms with E-state index in [4.69, 9.17) is 13.9 Å². The number of likely N-dealkylation sites (N-methyl/N-ethyl adjacent to an activating group) is 1. The molecular weight excluding hydrogens is 460 g/mol. The summed E-state index contributed by atoms with van der Waals surface area (Å²) in [5, 5.41) is 10.9. The number of unbranched alkanes of at least 4 members (excludes halogenated alkanes) is 1. The van der Waals surface area contributed by atoms with E-state index in [9.17, 15) is 14.7 Å². The van der Waals surface area contributed by atoms with Crippen molar-refractivity contribution in [3.05, 3.63) is 58.7 Å². The van der Waals surface area contributed by atoms with Gasteiger partial charge in [0.25, 0.3) is 5.91 Å². The summed E-state index contributed by atoms with van der Waals surface area (Å²) < 4.78 is 17.3. The van der Waals surface area contributed by atoms with Crippen molar-refractivity contribution in [2.24, 2.45) is 0 Å². The van der Waals surface area contributed by atoms with Crippen LogP contribution in [0, 0.1) is 6.92 Å². The summed E-state index contributed by atoms with van der Waals surface area (Å²) in [6.07, 6.45) is 1.93. The number of hydrogen-bond donors (Lipinski definition) is 1. The summed E-state index contributed by atoms with van der Waals surface area (Å²) in [5.74, 6) is 0.183. The Balaban J connectivity index is 2.04. The molecule has 0 spiro atoms. The number of hydrogen-bond acceptors (Lipinski definition) is 7. The van der Waals surface area contributed by atoms with Crippen LogP contribution >= 0.6 is 0 Å². The van der Waals surface area contributed by atoms with Crippen LogP contribution in [-0.2, 0) is 4.79 Å². The van der Waals surface area contributed by atoms with E-state index in [1.807, 2.05) is 13.0 Å². The number of nitrogens with zero attached hydrogens (tertiary/aromatic N) is 2. The summed E-state index contributed by atoms with van der Waals surface area (Å²) in [5.41, 5.74) is 0.667. The van der Waals surface area contributed by atoms with E-state index in [2.05, 4.69) is 25.7 Å². The molecule has 1 unspecified atom stereocenters. The molecule has 1 N–H and O–H groups in total. The third-order valence-electron chi connectivity index (χ3n) is 6.40. The van der Waals surface area contributed by atoms with Gasteiger partial charge in [0, 0.05) is 13.1 Å². The molecular formula is C28H38N2O6. The van der Waals surface area contributed by atoms with Crippen LogP contribution in [0.5, 0.6) is 11.5 Å². The van der Waals surface area contributed by atoms with E-state index in [1.165, 1.54) is 0 Å². The van der Waals surface area contributed by atoms with Crippen LogP contribution in [-0.4, -0.2) is 66.0 Å². The maximum atomic E-state index is 13.5. The number of benzene rings is 1. The lowest BCUT2D eigenvalue weighted by Gasteiger charge is -2.29. The molecule has 3 rings (SSSR count). The average molecular weight is 499 g/mol. The van der Waals surface area contributed by atoms with Gasteiger partial charge in [-0.2, -0.15) is 0 Å². The lowest BCUT2D eigenvalue weighted by atomic mass is 9.94. The molecule has 0 radical (unpaired) electrons. The molecule has 0 saturated heterocycles. The highest BCUT2D eigenvalue weighted by Crippen LogP contribution is 2.42. The number of Topliss-reactive ketones (excluding diaryl/α,β-unsaturated/α-hetero) is 1. The van der Waals surface area contributed by atoms with Crippen molar-refractivity contribution in [3.63, 3.8) is 0 Å². The maximum Gasteiger partial charge on any atom is 0.290 e. The van der Waals surface area contributed by atoms with Gasteiger partial charge in [-0.3, -0.25) is 9.59 Å². The first-order valence-electron chi connectivity index (χ1n) is 12.8. The van der Waals surface area contributed by atoms with Gasteiger partial charge in [0.05, 0.1) is 24.8 Å². The van der Waals surface area contributed by atoms with Gasteiger partial charge in [0.15, 0.2) is 23.0 Å². The molecule has 2 heterocycles. The minimum Gasteiger partial charge on any atom is -0.503 e. The fourth-order valence-electron chi connectivity index (χ4n) is 4.35. The standard InChI is InChI=1S/C28H38N2O6/c1-6-10-17-35-21-14-12-20(18-23(21)34-9-4)25-24(26(31)22-13-11-19(5)36-22)27(32)28(33)30(25)16-15-29(7-2)8-3/h11-14,18,25,32H,6-10,15-17H2,1-5H3. The summed E-state index contributed by atoms with van der Waals surface area (Å²) in [6.45, 7) is 13.5. The van der Waals surface area contributed by atoms with Crippen LogP contribution in [0.25, 0.3) is 0 Å². The zero-order valence-corrected chi connectivity index (χ0v) is 22.0. The van der Waals surface area contributed by atoms with Crippen molar-refractivity contribution in [1.29, 1.82) is 0 Å². The highest BCUT2D eigenvalue weighted by atomic mass is 16.5. The topological polar surface area (TPSA) is 92.5 Å². The minimum atomic E-state index is -0.783. The number of carbonyl (C=O) groups excluding carboxylic acids is 2. The van der Waals surface area contributed by atoms with Crippen molar-refractivity contribution in [1.82, 2.24) is 9.80 Å². The molecule has 0 fully saturated rings. The lowest BCUT2D eigenvalue weighted by Crippen LogP contribution is -2.38. The van der Waals surface area contributed by atoms with Crippen LogP contribution in [0.4, 0.5) is 0 Å². The van der Waals surface area contributed by atoms with Gasteiger partial charge < -0.3 is 28.8 Å². The number of aliphatic hydroxyl groups is 1. The third-order valence-corrected chi connectivity index (χ3v) is 6.40. The molecule has 1 aliphatic rings. The van der Waals surface area contributed by atoms with Crippen molar-refractivity contribution < 1.29 is 28.6 Å². The van der Waals surface area contributed by atoms with E-state index < -0.39 is 23.5 Å². The van der Waals surface area contributed by atoms with Gasteiger partial charge in [-0.15, -0.1) is 0 Å². The van der Waals surface area contributed by atoms with E-state index in [1.54, 1.807) is 36.1 Å². The van der Waals surface area contributed by atoms with Gasteiger partial charge in [-0.05, 0) is 63.2 Å². The maximum absolute atomic E-state index is 13.5. The van der Waals surface area contributed by atoms with Gasteiger partial charge in [-0.1, -0.05) is 33.3 Å². The summed E-state index contributed by atoms with van der Waals surface area (Å²) in [4.78, 5) is 30.5. The summed E-state index contributed by atoms with van der Waals surface area (Å²) >= 11 is 0. The number of rotatable bonds is 14. The fraction of sp³-hybridized carbons (Fsp3) is 0.500. The van der Waals surface area contributed by atoms with Crippen LogP contribution in [0.1, 0.15) is 68.5 Å². The number of aryl methyl sites for hydroxylation is 1. The molecule has 196 valence electrons. The van der Waals surface area contributed by atoms with Gasteiger partial charge >= 0.3 is 0 Å². The Bertz CT molecular complexity index is 1090. The monoisotopic (exact) mass is 498 g/mol. The smallest absolute Gasteiger partial charge is 0.290 e. The molecule has 8 nitrogen and oxygen atoms in total. The molecule has 1 aliphatic heterocycles. The van der Waals surface area contributed by atoms with Crippen molar-refractivity contribution in [3.8, 4) is 11.5 Å². The molecule has 1 aromatic carbocycles. The minimum absolute atomic E-state index is 0.0102. The molecule has 1 aromatic heterocycles. The van der Waals surface area contributed by atoms with Crippen LogP contribution in [0.3, 0.4) is 0 Å². The Kier molecular flexibility index (Phi) is 9.58. The zero-order valence-electron chi connectivity index (χ0n) is 22.0. The number of carbonyl (C=O) groups is 2. The predicted octanol–water partition coefficient (Wildman–Crippen LogP) is 5.09. The number of ether oxygens (including phenoxy) is 2. The first-order valence-corrected chi connectivity index (χ1v) is 12.8. The molecule has 0 aliphatic carbocycles. The zero-order chi connectivity index (χ0) is 26.2. The van der Waals surface area contributed by atoms with E-state index in [0.717, 1.165) is 25.9 Å². The second-order valence-electron chi connectivity index (χ2n) is 8.77. The molecule has 0 bridgehead atoms. The molecule has 0 saturated carbocycles. The number of ketones is 1. The number of aliphatic hydroxyl groups excluding tert-OH is 1. The summed E-state index contributed by atoms with van der Waals surface area (Å²) in [6, 6.07) is 7.89. The number of amides is 1. The van der Waals surface area contributed by atoms with Crippen molar-refractivity contribution >= 4 is 11.7 Å². The SMILES string of the molecule is CCCCOc1ccc(C2C(C(=O)c3ccc(C)o3)=C(O)C(=O)N2CCN(CC)CC)cc1OCC. The Labute approximate surface area is 213 Å². The van der Waals surface area contributed by atoms with E-state index in [0.29, 0.717) is 49.1 Å². The van der Waals surface area contributed by atoms with E-state index in [-0.39, 0.29) is 11.3 Å². The van der Waals surface area contributed by atoms with Crippen LogP contribution < -0.4 is 9.47 Å². The predicted molar refractivity (Wildman–Crippen MR) is 138 cm³/mol. The quantitative estimate of drug-likeness (QED) is 0.287. The normalized spacial score (nSPS) is 15.8. The van der Waals surface area contributed by atoms with E-state index >= 15 is 0 Å². The van der Waals surface area contributed by atoms with Crippen molar-refractivity contribution in [2.45, 2.75) is 53.5 Å². The molecule has 1 atom stereocenters. The Hall–Kier alpha value is -3.26. The van der Waals surface area contributed by atoms with Gasteiger partial charge in [0.1, 0.15) is 5.76 Å². The largest absolute Gasteiger partial charge is 0.503 e. The molecule has 36 heavy (non-hydrogen) atoms. The molecule has 8 heteroatoms. The van der Waals surface area contributed by atoms with Gasteiger partial charge in [-0.25, -0.2) is 0 Å². The Morgan fingerprint density at radius 3 is 2.44 bits per heavy atom. The lowest BCUT2D eigenvalue weighted by molar-refractivity contribution is -0.129. The second kappa shape index (κ2) is 12.6.